The normalized spacial score (nSPS) is 10.9. The summed E-state index contributed by atoms with van der Waals surface area (Å²) in [6.45, 7) is 6.21. The summed E-state index contributed by atoms with van der Waals surface area (Å²) in [6, 6.07) is 45.2. The van der Waals surface area contributed by atoms with Crippen LogP contribution in [0.5, 0.6) is 11.5 Å². The number of H-pyrrole nitrogens is 3. The summed E-state index contributed by atoms with van der Waals surface area (Å²) in [5, 5.41) is 43.5. The number of phenols is 2. The number of aromatic hydroxyl groups is 2. The molecule has 0 aliphatic carbocycles. The number of hydrogen-bond donors (Lipinski definition) is 13. The molecule has 0 fully saturated rings. The number of para-hydroxylation sites is 3. The minimum atomic E-state index is -5.08. The molecule has 6 aromatic carbocycles. The zero-order valence-electron chi connectivity index (χ0n) is 53.7. The number of benzene rings is 6. The van der Waals surface area contributed by atoms with Crippen molar-refractivity contribution < 1.29 is 70.7 Å². The van der Waals surface area contributed by atoms with Crippen LogP contribution in [0.2, 0.25) is 0 Å². The van der Waals surface area contributed by atoms with Crippen molar-refractivity contribution in [3.8, 4) is 45.7 Å². The Morgan fingerprint density at radius 1 is 0.440 bits per heavy atom. The van der Waals surface area contributed by atoms with Gasteiger partial charge in [-0.15, -0.1) is 0 Å². The predicted octanol–water partition coefficient (Wildman–Crippen LogP) is 12.8. The molecule has 0 bridgehead atoms. The summed E-state index contributed by atoms with van der Waals surface area (Å²) in [5.41, 5.74) is 31.9. The number of rotatable bonds is 16. The van der Waals surface area contributed by atoms with Gasteiger partial charge < -0.3 is 73.4 Å². The van der Waals surface area contributed by atoms with E-state index < -0.39 is 42.0 Å². The molecular formula is C69H64F6N16O9. The number of aliphatic carboxylic acids is 2. The van der Waals surface area contributed by atoms with Crippen LogP contribution in [-0.4, -0.2) is 121 Å². The molecule has 0 unspecified atom stereocenters. The van der Waals surface area contributed by atoms with E-state index >= 15 is 0 Å². The molecule has 0 atom stereocenters. The highest BCUT2D eigenvalue weighted by Crippen LogP contribution is 2.36. The quantitative estimate of drug-likeness (QED) is 0.0400. The maximum absolute atomic E-state index is 12.1. The molecule has 0 spiro atoms. The second-order valence-corrected chi connectivity index (χ2v) is 21.6. The third-order valence-corrected chi connectivity index (χ3v) is 14.7. The first-order chi connectivity index (χ1) is 47.5. The lowest BCUT2D eigenvalue weighted by molar-refractivity contribution is -0.193. The molecule has 0 saturated carbocycles. The van der Waals surface area contributed by atoms with Crippen molar-refractivity contribution in [3.05, 3.63) is 198 Å². The van der Waals surface area contributed by atoms with E-state index in [1.807, 2.05) is 122 Å². The second kappa shape index (κ2) is 31.6. The van der Waals surface area contributed by atoms with Gasteiger partial charge in [0.2, 0.25) is 0 Å². The largest absolute Gasteiger partial charge is 0.508 e. The average molecular weight is 1380 g/mol. The minimum Gasteiger partial charge on any atom is -0.508 e. The first-order valence-electron chi connectivity index (χ1n) is 30.1. The fraction of sp³-hybridized carbons (Fsp3) is 0.145. The number of nitrogens with zero attached hydrogens (tertiary/aromatic N) is 7. The highest BCUT2D eigenvalue weighted by Gasteiger charge is 2.39. The molecular weight excluding hydrogens is 1310 g/mol. The Morgan fingerprint density at radius 3 is 1.04 bits per heavy atom. The van der Waals surface area contributed by atoms with Crippen LogP contribution in [0, 0.1) is 0 Å². The number of fused-ring (bicyclic) bond motifs is 3. The van der Waals surface area contributed by atoms with E-state index in [9.17, 15) is 50.9 Å². The molecule has 3 amide bonds. The van der Waals surface area contributed by atoms with Crippen LogP contribution >= 0.6 is 0 Å². The molecule has 31 heteroatoms. The van der Waals surface area contributed by atoms with Crippen LogP contribution in [0.25, 0.3) is 67.7 Å². The van der Waals surface area contributed by atoms with E-state index in [2.05, 4.69) is 76.6 Å². The summed E-state index contributed by atoms with van der Waals surface area (Å²) in [4.78, 5) is 92.4. The third-order valence-electron chi connectivity index (χ3n) is 14.7. The van der Waals surface area contributed by atoms with Crippen molar-refractivity contribution in [1.82, 2.24) is 44.9 Å². The lowest BCUT2D eigenvalue weighted by atomic mass is 10.1. The van der Waals surface area contributed by atoms with E-state index in [1.54, 1.807) is 42.5 Å². The first-order valence-corrected chi connectivity index (χ1v) is 30.1. The number of carboxylic acids is 2. The van der Waals surface area contributed by atoms with Gasteiger partial charge in [-0.3, -0.25) is 14.4 Å². The summed E-state index contributed by atoms with van der Waals surface area (Å²) in [5.74, 6) is -5.14. The van der Waals surface area contributed by atoms with Crippen LogP contribution in [0.15, 0.2) is 164 Å². The van der Waals surface area contributed by atoms with Gasteiger partial charge in [0.25, 0.3) is 17.7 Å². The number of phenolic OH excluding ortho intramolecular Hbond substituents is 2. The van der Waals surface area contributed by atoms with Crippen molar-refractivity contribution in [2.45, 2.75) is 52.4 Å². The van der Waals surface area contributed by atoms with Crippen molar-refractivity contribution >= 4 is 103 Å². The summed E-state index contributed by atoms with van der Waals surface area (Å²) >= 11 is 0. The number of alkyl halides is 6. The Labute approximate surface area is 564 Å². The second-order valence-electron chi connectivity index (χ2n) is 21.6. The van der Waals surface area contributed by atoms with Gasteiger partial charge in [-0.05, 0) is 115 Å². The van der Waals surface area contributed by atoms with E-state index in [-0.39, 0.29) is 22.6 Å². The van der Waals surface area contributed by atoms with Crippen molar-refractivity contribution in [2.24, 2.45) is 17.2 Å². The molecule has 12 rings (SSSR count). The number of carbonyl (C=O) groups is 5. The van der Waals surface area contributed by atoms with Crippen molar-refractivity contribution in [3.63, 3.8) is 0 Å². The number of anilines is 7. The number of nitrogens with two attached hydrogens (primary N) is 3. The van der Waals surface area contributed by atoms with Gasteiger partial charge in [-0.25, -0.2) is 39.5 Å². The van der Waals surface area contributed by atoms with Gasteiger partial charge in [0, 0.05) is 72.1 Å². The smallest absolute Gasteiger partial charge is 0.490 e. The van der Waals surface area contributed by atoms with Gasteiger partial charge in [0.05, 0.1) is 33.8 Å². The number of imidazole rings is 3. The number of aryl methyl sites for hydroxylation is 3. The molecule has 0 aliphatic heterocycles. The van der Waals surface area contributed by atoms with Crippen LogP contribution in [0.1, 0.15) is 68.5 Å². The van der Waals surface area contributed by atoms with Crippen LogP contribution in [-0.2, 0) is 28.9 Å². The highest BCUT2D eigenvalue weighted by atomic mass is 19.4. The number of carboxylic acid groups (broad SMARTS) is 2. The number of nitrogens with one attached hydrogen (secondary N) is 6. The minimum absolute atomic E-state index is 0.138. The van der Waals surface area contributed by atoms with E-state index in [0.717, 1.165) is 69.8 Å². The van der Waals surface area contributed by atoms with E-state index in [1.165, 1.54) is 18.6 Å². The van der Waals surface area contributed by atoms with Gasteiger partial charge in [0.15, 0.2) is 16.9 Å². The average Bonchev–Trinajstić information content (AvgIpc) is 1.62. The van der Waals surface area contributed by atoms with Gasteiger partial charge >= 0.3 is 24.3 Å². The number of aromatic amines is 3. The van der Waals surface area contributed by atoms with Gasteiger partial charge in [-0.2, -0.15) is 26.3 Å². The summed E-state index contributed by atoms with van der Waals surface area (Å²) in [6.07, 6.45) is -3.28. The van der Waals surface area contributed by atoms with E-state index in [0.29, 0.717) is 79.2 Å². The maximum atomic E-state index is 12.1. The van der Waals surface area contributed by atoms with Crippen molar-refractivity contribution in [1.29, 1.82) is 0 Å². The zero-order valence-corrected chi connectivity index (χ0v) is 53.7. The number of halogens is 6. The molecule has 0 radical (unpaired) electrons. The topological polar surface area (TPSA) is 408 Å². The Morgan fingerprint density at radius 2 is 0.750 bits per heavy atom. The molecule has 0 aliphatic rings. The molecule has 16 N–H and O–H groups in total. The molecule has 516 valence electrons. The fourth-order valence-electron chi connectivity index (χ4n) is 9.65. The molecule has 6 aromatic heterocycles. The van der Waals surface area contributed by atoms with Crippen molar-refractivity contribution in [2.75, 3.05) is 34.9 Å². The number of carbonyl (C=O) groups excluding carboxylic acids is 3. The van der Waals surface area contributed by atoms with Gasteiger partial charge in [0.1, 0.15) is 45.5 Å². The number of primary amides is 3. The maximum Gasteiger partial charge on any atom is 0.490 e. The number of hydrogen-bond acceptors (Lipinski definition) is 17. The van der Waals surface area contributed by atoms with Crippen LogP contribution < -0.4 is 38.1 Å². The Hall–Kier alpha value is -13.1. The number of aromatic nitrogens is 9. The highest BCUT2D eigenvalue weighted by molar-refractivity contribution is 6.08. The monoisotopic (exact) mass is 1370 g/mol. The SMILES string of the molecule is CCc1ccccc1Nc1c(C(N)=O)cnc2[nH]c(-c3ccc(N(C)C)cc3)nc12.CCc1ccccc1Nc1c(C(N)=O)cnc2[nH]c(-c3ccc(O)cc3)nc12.CCc1ccccc1Nc1c(C(N)=O)cnc2[nH]c(-c3cccc(O)c3)nc12.O=C(O)C(F)(F)F.O=C(O)C(F)(F)F. The lowest BCUT2D eigenvalue weighted by Gasteiger charge is -2.13. The molecule has 0 saturated heterocycles. The first kappa shape index (κ1) is 72.7. The summed E-state index contributed by atoms with van der Waals surface area (Å²) < 4.78 is 63.5. The van der Waals surface area contributed by atoms with E-state index in [4.69, 9.17) is 42.0 Å². The molecule has 6 heterocycles. The lowest BCUT2D eigenvalue weighted by Crippen LogP contribution is -2.21. The Kier molecular flexibility index (Phi) is 23.0. The summed E-state index contributed by atoms with van der Waals surface area (Å²) in [7, 11) is 4.00. The predicted molar refractivity (Wildman–Crippen MR) is 366 cm³/mol. The molecule has 100 heavy (non-hydrogen) atoms. The third kappa shape index (κ3) is 17.9. The zero-order chi connectivity index (χ0) is 72.8. The molecule has 12 aromatic rings. The van der Waals surface area contributed by atoms with Crippen LogP contribution in [0.4, 0.5) is 66.2 Å². The fourth-order valence-corrected chi connectivity index (χ4v) is 9.65. The van der Waals surface area contributed by atoms with Crippen LogP contribution in [0.3, 0.4) is 0 Å². The number of amides is 3. The Bertz CT molecular complexity index is 4920. The Balaban J connectivity index is 0.000000174. The van der Waals surface area contributed by atoms with Gasteiger partial charge in [-0.1, -0.05) is 87.5 Å². The number of pyridine rings is 3. The standard InChI is InChI=1S/C23H24N6O.2C21H19N5O2.2C2HF3O2/c1-4-14-7-5-6-8-18(14)26-19-17(21(24)30)13-25-23-20(19)27-22(28-23)15-9-11-16(12-10-15)29(2)3;1-2-12-6-3-4-9-16(12)24-17-15(19(22)28)11-23-21-18(17)25-20(26-21)13-7-5-8-14(27)10-13;1-2-12-5-3-4-6-16(12)24-17-15(19(22)28)11-23-21-18(17)25-20(26-21)13-7-9-14(27)10-8-13;2*3-2(4,5)1(6)7/h5-13H,4H2,1-3H3,(H2,24,30)(H2,25,26,27,28);2*3-11,27H,2H2,1H3,(H2,22,28)(H2,23,24,25,26);2*(H,6,7). The molecule has 25 nitrogen and oxygen atoms in total.